The van der Waals surface area contributed by atoms with Crippen LogP contribution in [0.4, 0.5) is 5.69 Å². The first-order valence-electron chi connectivity index (χ1n) is 7.85. The first kappa shape index (κ1) is 18.5. The Morgan fingerprint density at radius 2 is 1.93 bits per heavy atom. The SMILES string of the molecule is COc1ccc(/C=C2/SC(=Nc3ccc(C(=O)O)cc3)N(C)C2=O)cc1O. The van der Waals surface area contributed by atoms with Crippen LogP contribution in [-0.2, 0) is 4.79 Å². The van der Waals surface area contributed by atoms with Gasteiger partial charge in [0.05, 0.1) is 23.3 Å². The maximum atomic E-state index is 12.5. The summed E-state index contributed by atoms with van der Waals surface area (Å²) in [6.07, 6.45) is 1.67. The monoisotopic (exact) mass is 384 g/mol. The van der Waals surface area contributed by atoms with E-state index in [9.17, 15) is 14.7 Å². The summed E-state index contributed by atoms with van der Waals surface area (Å²) in [6.45, 7) is 0. The highest BCUT2D eigenvalue weighted by atomic mass is 32.2. The molecular weight excluding hydrogens is 368 g/mol. The lowest BCUT2D eigenvalue weighted by Crippen LogP contribution is -2.23. The number of carboxylic acids is 1. The molecule has 1 aliphatic heterocycles. The van der Waals surface area contributed by atoms with E-state index < -0.39 is 5.97 Å². The molecule has 0 radical (unpaired) electrons. The molecule has 1 fully saturated rings. The van der Waals surface area contributed by atoms with Gasteiger partial charge < -0.3 is 14.9 Å². The molecule has 8 heteroatoms. The van der Waals surface area contributed by atoms with Crippen molar-refractivity contribution >= 4 is 40.6 Å². The van der Waals surface area contributed by atoms with Gasteiger partial charge in [-0.25, -0.2) is 9.79 Å². The van der Waals surface area contributed by atoms with Gasteiger partial charge in [-0.15, -0.1) is 0 Å². The Morgan fingerprint density at radius 3 is 2.52 bits per heavy atom. The second kappa shape index (κ2) is 7.55. The van der Waals surface area contributed by atoms with E-state index in [2.05, 4.69) is 4.99 Å². The molecule has 0 aliphatic carbocycles. The van der Waals surface area contributed by atoms with Crippen LogP contribution in [0.2, 0.25) is 0 Å². The van der Waals surface area contributed by atoms with Gasteiger partial charge in [-0.05, 0) is 59.8 Å². The molecule has 0 bridgehead atoms. The van der Waals surface area contributed by atoms with E-state index in [0.717, 1.165) is 0 Å². The van der Waals surface area contributed by atoms with Gasteiger partial charge in [0.15, 0.2) is 16.7 Å². The Hall–Kier alpha value is -3.26. The van der Waals surface area contributed by atoms with E-state index >= 15 is 0 Å². The van der Waals surface area contributed by atoms with E-state index in [1.807, 2.05) is 0 Å². The van der Waals surface area contributed by atoms with Gasteiger partial charge in [-0.2, -0.15) is 0 Å². The average Bonchev–Trinajstić information content (AvgIpc) is 2.90. The molecule has 27 heavy (non-hydrogen) atoms. The average molecular weight is 384 g/mol. The summed E-state index contributed by atoms with van der Waals surface area (Å²) in [5, 5.41) is 19.3. The number of ether oxygens (including phenoxy) is 1. The maximum absolute atomic E-state index is 12.5. The topological polar surface area (TPSA) is 99.4 Å². The first-order valence-corrected chi connectivity index (χ1v) is 8.67. The Balaban J connectivity index is 1.85. The zero-order valence-electron chi connectivity index (χ0n) is 14.5. The number of amides is 1. The van der Waals surface area contributed by atoms with Crippen LogP contribution >= 0.6 is 11.8 Å². The van der Waals surface area contributed by atoms with Crippen LogP contribution in [0.5, 0.6) is 11.5 Å². The van der Waals surface area contributed by atoms with Gasteiger partial charge in [0.25, 0.3) is 5.91 Å². The Morgan fingerprint density at radius 1 is 1.22 bits per heavy atom. The molecule has 1 aliphatic rings. The highest BCUT2D eigenvalue weighted by Gasteiger charge is 2.30. The molecule has 0 aromatic heterocycles. The zero-order valence-corrected chi connectivity index (χ0v) is 15.4. The number of carbonyl (C=O) groups is 2. The standard InChI is InChI=1S/C19H16N2O5S/c1-21-17(23)16(10-11-3-8-15(26-2)14(22)9-11)27-19(21)20-13-6-4-12(5-7-13)18(24)25/h3-10,22H,1-2H3,(H,24,25)/b16-10+,20-19?. The van der Waals surface area contributed by atoms with Crippen LogP contribution in [-0.4, -0.2) is 46.3 Å². The second-order valence-electron chi connectivity index (χ2n) is 5.65. The summed E-state index contributed by atoms with van der Waals surface area (Å²) in [5.74, 6) is -0.879. The normalized spacial score (nSPS) is 17.0. The Bertz CT molecular complexity index is 967. The van der Waals surface area contributed by atoms with Crippen LogP contribution < -0.4 is 4.74 Å². The molecule has 1 saturated heterocycles. The number of benzene rings is 2. The van der Waals surface area contributed by atoms with E-state index in [4.69, 9.17) is 9.84 Å². The number of nitrogens with zero attached hydrogens (tertiary/aromatic N) is 2. The fraction of sp³-hybridized carbons (Fsp3) is 0.105. The fourth-order valence-electron chi connectivity index (χ4n) is 2.39. The third-order valence-electron chi connectivity index (χ3n) is 3.84. The van der Waals surface area contributed by atoms with Crippen molar-refractivity contribution in [2.45, 2.75) is 0 Å². The molecule has 2 N–H and O–H groups in total. The summed E-state index contributed by atoms with van der Waals surface area (Å²) < 4.78 is 5.01. The number of carbonyl (C=O) groups excluding carboxylic acids is 1. The van der Waals surface area contributed by atoms with Crippen molar-refractivity contribution in [3.63, 3.8) is 0 Å². The molecule has 0 unspecified atom stereocenters. The number of phenols is 1. The lowest BCUT2D eigenvalue weighted by atomic mass is 10.2. The highest BCUT2D eigenvalue weighted by molar-refractivity contribution is 8.18. The number of methoxy groups -OCH3 is 1. The third-order valence-corrected chi connectivity index (χ3v) is 4.90. The van der Waals surface area contributed by atoms with Gasteiger partial charge in [-0.1, -0.05) is 6.07 Å². The van der Waals surface area contributed by atoms with Crippen molar-refractivity contribution in [2.24, 2.45) is 4.99 Å². The molecule has 0 spiro atoms. The van der Waals surface area contributed by atoms with Crippen molar-refractivity contribution in [3.8, 4) is 11.5 Å². The van der Waals surface area contributed by atoms with Crippen molar-refractivity contribution in [3.05, 3.63) is 58.5 Å². The summed E-state index contributed by atoms with van der Waals surface area (Å²) >= 11 is 1.20. The predicted octanol–water partition coefficient (Wildman–Crippen LogP) is 3.33. The summed E-state index contributed by atoms with van der Waals surface area (Å²) in [6, 6.07) is 10.9. The number of hydrogen-bond acceptors (Lipinski definition) is 6. The van der Waals surface area contributed by atoms with E-state index in [1.165, 1.54) is 42.0 Å². The highest BCUT2D eigenvalue weighted by Crippen LogP contribution is 2.34. The number of aliphatic imine (C=N–C) groups is 1. The van der Waals surface area contributed by atoms with Crippen LogP contribution in [0.1, 0.15) is 15.9 Å². The number of rotatable bonds is 4. The molecular formula is C19H16N2O5S. The number of aromatic carboxylic acids is 1. The van der Waals surface area contributed by atoms with Crippen LogP contribution in [0.15, 0.2) is 52.4 Å². The molecule has 0 atom stereocenters. The number of hydrogen-bond donors (Lipinski definition) is 2. The first-order chi connectivity index (χ1) is 12.9. The molecule has 1 amide bonds. The minimum absolute atomic E-state index is 0.0111. The van der Waals surface area contributed by atoms with Crippen molar-refractivity contribution in [2.75, 3.05) is 14.2 Å². The van der Waals surface area contributed by atoms with Gasteiger partial charge >= 0.3 is 5.97 Å². The van der Waals surface area contributed by atoms with Gasteiger partial charge in [-0.3, -0.25) is 9.69 Å². The number of carboxylic acid groups (broad SMARTS) is 1. The van der Waals surface area contributed by atoms with Crippen LogP contribution in [0.3, 0.4) is 0 Å². The maximum Gasteiger partial charge on any atom is 0.335 e. The largest absolute Gasteiger partial charge is 0.504 e. The minimum atomic E-state index is -1.01. The predicted molar refractivity (Wildman–Crippen MR) is 103 cm³/mol. The lowest BCUT2D eigenvalue weighted by molar-refractivity contribution is -0.121. The summed E-state index contributed by atoms with van der Waals surface area (Å²) in [5.41, 5.74) is 1.37. The number of phenolic OH excluding ortho intramolecular Hbond substituents is 1. The summed E-state index contributed by atoms with van der Waals surface area (Å²) in [7, 11) is 3.08. The van der Waals surface area contributed by atoms with Crippen molar-refractivity contribution in [1.29, 1.82) is 0 Å². The van der Waals surface area contributed by atoms with Gasteiger partial charge in [0.1, 0.15) is 0 Å². The minimum Gasteiger partial charge on any atom is -0.504 e. The smallest absolute Gasteiger partial charge is 0.335 e. The second-order valence-corrected chi connectivity index (χ2v) is 6.66. The number of amidine groups is 1. The molecule has 1 heterocycles. The number of likely N-dealkylation sites (N-methyl/N-ethyl adjacent to an activating group) is 1. The Labute approximate surface area is 159 Å². The van der Waals surface area contributed by atoms with Crippen molar-refractivity contribution in [1.82, 2.24) is 4.90 Å². The quantitative estimate of drug-likeness (QED) is 0.785. The fourth-order valence-corrected chi connectivity index (χ4v) is 3.38. The molecule has 0 saturated carbocycles. The number of thioether (sulfide) groups is 1. The lowest BCUT2D eigenvalue weighted by Gasteiger charge is -2.07. The molecule has 7 nitrogen and oxygen atoms in total. The van der Waals surface area contributed by atoms with Crippen LogP contribution in [0.25, 0.3) is 6.08 Å². The van der Waals surface area contributed by atoms with Crippen LogP contribution in [0, 0.1) is 0 Å². The summed E-state index contributed by atoms with van der Waals surface area (Å²) in [4.78, 5) is 29.7. The Kier molecular flexibility index (Phi) is 5.18. The molecule has 3 rings (SSSR count). The number of aromatic hydroxyl groups is 1. The van der Waals surface area contributed by atoms with Crippen molar-refractivity contribution < 1.29 is 24.5 Å². The van der Waals surface area contributed by atoms with E-state index in [0.29, 0.717) is 27.1 Å². The van der Waals surface area contributed by atoms with Gasteiger partial charge in [0, 0.05) is 7.05 Å². The molecule has 138 valence electrons. The third kappa shape index (κ3) is 3.95. The molecule has 2 aromatic carbocycles. The molecule has 2 aromatic rings. The van der Waals surface area contributed by atoms with E-state index in [-0.39, 0.29) is 17.2 Å². The van der Waals surface area contributed by atoms with Gasteiger partial charge in [0.2, 0.25) is 0 Å². The zero-order chi connectivity index (χ0) is 19.6. The van der Waals surface area contributed by atoms with E-state index in [1.54, 1.807) is 37.4 Å².